The van der Waals surface area contributed by atoms with Crippen LogP contribution in [0, 0.1) is 18.3 Å². The summed E-state index contributed by atoms with van der Waals surface area (Å²) in [6.07, 6.45) is 7.98. The molecule has 4 fully saturated rings. The van der Waals surface area contributed by atoms with Crippen LogP contribution in [0.15, 0.2) is 121 Å². The summed E-state index contributed by atoms with van der Waals surface area (Å²) < 4.78 is 41.2. The minimum absolute atomic E-state index is 0.0536. The Balaban J connectivity index is 0.880. The largest absolute Gasteiger partial charge is 0.496 e. The highest BCUT2D eigenvalue weighted by molar-refractivity contribution is 7.91. The number of allylic oxidation sites excluding steroid dienone is 2. The number of thiazole rings is 1. The Morgan fingerprint density at radius 2 is 1.58 bits per heavy atom. The van der Waals surface area contributed by atoms with Crippen molar-refractivity contribution in [2.75, 3.05) is 45.2 Å². The van der Waals surface area contributed by atoms with E-state index in [0.717, 1.165) is 40.9 Å². The molecular formula is C64H73N7O8S2. The van der Waals surface area contributed by atoms with Crippen molar-refractivity contribution in [2.24, 2.45) is 11.3 Å². The molecule has 5 heterocycles. The number of anilines is 1. The summed E-state index contributed by atoms with van der Waals surface area (Å²) in [6, 6.07) is 32.2. The first-order valence-corrected chi connectivity index (χ1v) is 31.1. The average Bonchev–Trinajstić information content (AvgIpc) is 4.35. The van der Waals surface area contributed by atoms with Crippen molar-refractivity contribution in [2.45, 2.75) is 127 Å². The van der Waals surface area contributed by atoms with Gasteiger partial charge in [0, 0.05) is 72.7 Å². The topological polar surface area (TPSA) is 180 Å². The van der Waals surface area contributed by atoms with Crippen molar-refractivity contribution in [1.82, 2.24) is 29.4 Å². The van der Waals surface area contributed by atoms with Gasteiger partial charge < -0.3 is 24.6 Å². The molecule has 2 aromatic heterocycles. The van der Waals surface area contributed by atoms with Gasteiger partial charge in [0.15, 0.2) is 5.78 Å². The lowest BCUT2D eigenvalue weighted by Crippen LogP contribution is -2.50. The van der Waals surface area contributed by atoms with Gasteiger partial charge in [-0.25, -0.2) is 18.4 Å². The molecule has 2 aliphatic carbocycles. The highest BCUT2D eigenvalue weighted by atomic mass is 32.2. The second-order valence-electron chi connectivity index (χ2n) is 23.4. The second-order valence-corrected chi connectivity index (χ2v) is 26.5. The molecule has 424 valence electrons. The number of amides is 3. The number of ketones is 1. The molecule has 81 heavy (non-hydrogen) atoms. The Labute approximate surface area is 479 Å². The first kappa shape index (κ1) is 55.9. The molecule has 0 radical (unpaired) electrons. The fraction of sp³-hybridized carbons (Fsp3) is 0.438. The highest BCUT2D eigenvalue weighted by Gasteiger charge is 2.62. The number of fused-ring (bicyclic) bond motifs is 3. The molecule has 0 unspecified atom stereocenters. The van der Waals surface area contributed by atoms with Crippen molar-refractivity contribution in [3.8, 4) is 22.2 Å². The number of aromatic nitrogens is 2. The standard InChI is InChI=1S/C64H73N7O8S2/c1-41(2)52-40-80-59(67-52)51-36-56(49-26-27-55(78-5)42(3)57(49)66-51)79-48-35-53-54(72)38-64(62(75)68-81(76,77)63(4)28-29-63)37-46(64)23-15-7-6-8-16-25-50(61(74)71(53)39-48)65-47-24-17-22-45(34-47)60(73)70-32-30-69(31-33-70)58(43-18-11-9-12-19-43)44-20-13-10-14-21-44/h9-15,17-24,26-27,34,36,40-41,46,48,50,53,58,65H,6-8,16,25,28-33,35,37-39H2,1-5H3,(H,68,75)/b23-15-/t46-,48-,50+,53+,64-/m1/s1. The third kappa shape index (κ3) is 11.6. The van der Waals surface area contributed by atoms with Crippen LogP contribution in [-0.2, 0) is 24.4 Å². The van der Waals surface area contributed by atoms with E-state index in [2.05, 4.69) is 77.3 Å². The summed E-state index contributed by atoms with van der Waals surface area (Å²) in [7, 11) is -2.38. The van der Waals surface area contributed by atoms with Gasteiger partial charge in [-0.15, -0.1) is 11.3 Å². The molecule has 15 nitrogen and oxygen atoms in total. The third-order valence-electron chi connectivity index (χ3n) is 17.5. The zero-order valence-electron chi connectivity index (χ0n) is 46.9. The van der Waals surface area contributed by atoms with Crippen molar-refractivity contribution in [3.63, 3.8) is 0 Å². The van der Waals surface area contributed by atoms with Gasteiger partial charge in [0.25, 0.3) is 5.91 Å². The van der Waals surface area contributed by atoms with Crippen molar-refractivity contribution < 1.29 is 37.1 Å². The van der Waals surface area contributed by atoms with Gasteiger partial charge in [0.2, 0.25) is 21.8 Å². The number of sulfonamides is 1. The molecule has 5 atom stereocenters. The van der Waals surface area contributed by atoms with E-state index in [1.165, 1.54) is 22.5 Å². The molecule has 3 aliphatic heterocycles. The minimum atomic E-state index is -4.00. The maximum absolute atomic E-state index is 15.6. The molecule has 2 saturated heterocycles. The fourth-order valence-electron chi connectivity index (χ4n) is 12.1. The van der Waals surface area contributed by atoms with Crippen molar-refractivity contribution >= 4 is 61.5 Å². The summed E-state index contributed by atoms with van der Waals surface area (Å²) in [5, 5.41) is 7.04. The van der Waals surface area contributed by atoms with Gasteiger partial charge in [-0.2, -0.15) is 0 Å². The third-order valence-corrected chi connectivity index (χ3v) is 20.5. The summed E-state index contributed by atoms with van der Waals surface area (Å²) in [5.74, 6) is -0.349. The van der Waals surface area contributed by atoms with E-state index in [1.807, 2.05) is 84.0 Å². The van der Waals surface area contributed by atoms with E-state index in [0.29, 0.717) is 92.2 Å². The van der Waals surface area contributed by atoms with Crippen molar-refractivity contribution in [3.05, 3.63) is 149 Å². The first-order chi connectivity index (χ1) is 39.0. The fourth-order valence-corrected chi connectivity index (χ4v) is 14.4. The number of carbonyl (C=O) groups excluding carboxylic acids is 4. The second kappa shape index (κ2) is 23.1. The lowest BCUT2D eigenvalue weighted by Gasteiger charge is -2.40. The van der Waals surface area contributed by atoms with E-state index in [-0.39, 0.29) is 54.9 Å². The number of benzene rings is 4. The summed E-state index contributed by atoms with van der Waals surface area (Å²) >= 11 is 1.50. The summed E-state index contributed by atoms with van der Waals surface area (Å²) in [6.45, 7) is 10.3. The maximum atomic E-state index is 15.6. The van der Waals surface area contributed by atoms with E-state index in [4.69, 9.17) is 19.4 Å². The number of aryl methyl sites for hydroxylation is 1. The van der Waals surface area contributed by atoms with Crippen LogP contribution in [0.25, 0.3) is 21.6 Å². The number of hydrogen-bond donors (Lipinski definition) is 2. The lowest BCUT2D eigenvalue weighted by atomic mass is 9.91. The highest BCUT2D eigenvalue weighted by Crippen LogP contribution is 2.58. The van der Waals surface area contributed by atoms with Gasteiger partial charge >= 0.3 is 0 Å². The van der Waals surface area contributed by atoms with E-state index < -0.39 is 44.3 Å². The molecule has 4 aromatic carbocycles. The first-order valence-electron chi connectivity index (χ1n) is 28.7. The lowest BCUT2D eigenvalue weighted by molar-refractivity contribution is -0.139. The van der Waals surface area contributed by atoms with E-state index >= 15 is 9.59 Å². The molecule has 3 amide bonds. The number of nitrogens with one attached hydrogen (secondary N) is 2. The van der Waals surface area contributed by atoms with Crippen LogP contribution in [0.2, 0.25) is 0 Å². The van der Waals surface area contributed by atoms with Gasteiger partial charge in [0.1, 0.15) is 34.3 Å². The molecule has 6 aromatic rings. The number of ether oxygens (including phenoxy) is 2. The number of Topliss-reactive ketones (excluding diaryl/α,β-unsaturated/α-hetero) is 1. The number of carbonyl (C=O) groups is 4. The molecule has 2 N–H and O–H groups in total. The molecule has 0 spiro atoms. The van der Waals surface area contributed by atoms with Gasteiger partial charge in [-0.1, -0.05) is 106 Å². The Kier molecular flexibility index (Phi) is 16.0. The molecular weight excluding hydrogens is 1060 g/mol. The zero-order chi connectivity index (χ0) is 56.6. The molecule has 11 rings (SSSR count). The van der Waals surface area contributed by atoms with Gasteiger partial charge in [0.05, 0.1) is 47.1 Å². The molecule has 5 aliphatic rings. The van der Waals surface area contributed by atoms with Gasteiger partial charge in [-0.05, 0) is 106 Å². The predicted octanol–water partition coefficient (Wildman–Crippen LogP) is 10.7. The van der Waals surface area contributed by atoms with Gasteiger partial charge in [-0.3, -0.25) is 28.8 Å². The SMILES string of the molecule is COc1ccc2c(O[C@@H]3C[C@H]4C(=O)C[C@]5(C(=O)NS(=O)(=O)C6(C)CC6)C[C@H]5/C=C\CCCCC[C@H](Nc5cccc(C(=O)N6CCN(C(c7ccccc7)c7ccccc7)CC6)c5)C(=O)N4C3)cc(-c3nc(C(C)C)cs3)nc2c1C. The average molecular weight is 1130 g/mol. The Bertz CT molecular complexity index is 3430. The quantitative estimate of drug-likeness (QED) is 0.0987. The van der Waals surface area contributed by atoms with Crippen LogP contribution in [0.3, 0.4) is 0 Å². The van der Waals surface area contributed by atoms with Crippen LogP contribution < -0.4 is 19.5 Å². The number of rotatable bonds is 14. The van der Waals surface area contributed by atoms with Crippen LogP contribution in [0.4, 0.5) is 5.69 Å². The normalized spacial score (nSPS) is 23.7. The van der Waals surface area contributed by atoms with E-state index in [9.17, 15) is 18.0 Å². The Hall–Kier alpha value is -6.95. The number of nitrogens with zero attached hydrogens (tertiary/aromatic N) is 5. The van der Waals surface area contributed by atoms with Crippen LogP contribution in [-0.4, -0.2) is 119 Å². The Morgan fingerprint density at radius 3 is 2.26 bits per heavy atom. The molecule has 0 bridgehead atoms. The monoisotopic (exact) mass is 1130 g/mol. The number of methoxy groups -OCH3 is 1. The predicted molar refractivity (Wildman–Crippen MR) is 316 cm³/mol. The summed E-state index contributed by atoms with van der Waals surface area (Å²) in [4.78, 5) is 75.6. The molecule has 2 saturated carbocycles. The van der Waals surface area contributed by atoms with Crippen LogP contribution in [0.1, 0.15) is 130 Å². The number of piperazine rings is 1. The van der Waals surface area contributed by atoms with E-state index in [1.54, 1.807) is 18.9 Å². The van der Waals surface area contributed by atoms with Crippen molar-refractivity contribution in [1.29, 1.82) is 0 Å². The minimum Gasteiger partial charge on any atom is -0.496 e. The van der Waals surface area contributed by atoms with Crippen LogP contribution >= 0.6 is 11.3 Å². The number of pyridine rings is 1. The smallest absolute Gasteiger partial charge is 0.254 e. The Morgan fingerprint density at radius 1 is 0.852 bits per heavy atom. The maximum Gasteiger partial charge on any atom is 0.254 e. The van der Waals surface area contributed by atoms with Crippen LogP contribution in [0.5, 0.6) is 11.5 Å². The number of hydrogen-bond acceptors (Lipinski definition) is 13. The zero-order valence-corrected chi connectivity index (χ0v) is 48.6. The molecule has 17 heteroatoms. The summed E-state index contributed by atoms with van der Waals surface area (Å²) in [5.41, 5.74) is 5.28.